The Morgan fingerprint density at radius 1 is 1.20 bits per heavy atom. The number of hydrogen-bond donors (Lipinski definition) is 2. The lowest BCUT2D eigenvalue weighted by molar-refractivity contribution is 0.412. The minimum Gasteiger partial charge on any atom is -0.497 e. The molecular weight excluding hydrogens is 345 g/mol. The highest BCUT2D eigenvalue weighted by Gasteiger charge is 2.12. The molecule has 0 amide bonds. The van der Waals surface area contributed by atoms with Crippen LogP contribution in [-0.2, 0) is 16.8 Å². The fourth-order valence-corrected chi connectivity index (χ4v) is 2.92. The third-order valence-corrected chi connectivity index (χ3v) is 4.29. The van der Waals surface area contributed by atoms with Crippen molar-refractivity contribution >= 4 is 21.1 Å². The van der Waals surface area contributed by atoms with E-state index in [2.05, 4.69) is 9.71 Å². The summed E-state index contributed by atoms with van der Waals surface area (Å²) >= 11 is 0. The van der Waals surface area contributed by atoms with Crippen molar-refractivity contribution in [3.05, 3.63) is 60.0 Å². The van der Waals surface area contributed by atoms with Crippen molar-refractivity contribution in [1.82, 2.24) is 9.71 Å². The van der Waals surface area contributed by atoms with E-state index in [0.29, 0.717) is 22.2 Å². The van der Waals surface area contributed by atoms with Gasteiger partial charge in [0.1, 0.15) is 11.6 Å². The Morgan fingerprint density at radius 2 is 1.92 bits per heavy atom. The highest BCUT2D eigenvalue weighted by molar-refractivity contribution is 7.87. The van der Waals surface area contributed by atoms with E-state index in [1.165, 1.54) is 13.2 Å². The molecule has 0 unspecified atom stereocenters. The van der Waals surface area contributed by atoms with Crippen molar-refractivity contribution < 1.29 is 17.5 Å². The molecule has 3 rings (SSSR count). The molecule has 0 saturated carbocycles. The SMILES string of the molecule is COc1cc(F)c2c(-c3ccc(CNS(N)(=O)=O)cc3)ccnc2c1. The maximum Gasteiger partial charge on any atom is 0.274 e. The fraction of sp³-hybridized carbons (Fsp3) is 0.118. The number of benzene rings is 2. The van der Waals surface area contributed by atoms with Gasteiger partial charge in [0.05, 0.1) is 12.6 Å². The molecule has 1 heterocycles. The summed E-state index contributed by atoms with van der Waals surface area (Å²) in [6.45, 7) is 0.0851. The zero-order chi connectivity index (χ0) is 18.0. The van der Waals surface area contributed by atoms with E-state index in [-0.39, 0.29) is 6.54 Å². The Labute approximate surface area is 144 Å². The molecule has 0 fully saturated rings. The minimum absolute atomic E-state index is 0.0851. The van der Waals surface area contributed by atoms with E-state index < -0.39 is 16.0 Å². The molecule has 0 saturated heterocycles. The lowest BCUT2D eigenvalue weighted by Crippen LogP contribution is -2.30. The molecule has 0 atom stereocenters. The first-order chi connectivity index (χ1) is 11.9. The molecule has 0 bridgehead atoms. The number of pyridine rings is 1. The van der Waals surface area contributed by atoms with Crippen LogP contribution in [0.4, 0.5) is 4.39 Å². The second kappa shape index (κ2) is 6.75. The van der Waals surface area contributed by atoms with Crippen LogP contribution < -0.4 is 14.6 Å². The first kappa shape index (κ1) is 17.3. The molecule has 0 aliphatic rings. The molecule has 2 aromatic carbocycles. The molecule has 25 heavy (non-hydrogen) atoms. The molecule has 0 aliphatic carbocycles. The lowest BCUT2D eigenvalue weighted by atomic mass is 9.99. The Hall–Kier alpha value is -2.55. The number of halogens is 1. The van der Waals surface area contributed by atoms with Gasteiger partial charge >= 0.3 is 0 Å². The number of aromatic nitrogens is 1. The van der Waals surface area contributed by atoms with Crippen LogP contribution in [0.3, 0.4) is 0 Å². The third-order valence-electron chi connectivity index (χ3n) is 3.75. The van der Waals surface area contributed by atoms with E-state index in [9.17, 15) is 12.8 Å². The Morgan fingerprint density at radius 3 is 2.56 bits per heavy atom. The van der Waals surface area contributed by atoms with Gasteiger partial charge in [0, 0.05) is 30.3 Å². The molecule has 8 heteroatoms. The summed E-state index contributed by atoms with van der Waals surface area (Å²) in [5.74, 6) is -0.0171. The van der Waals surface area contributed by atoms with Gasteiger partial charge in [0.2, 0.25) is 0 Å². The number of methoxy groups -OCH3 is 1. The average Bonchev–Trinajstić information content (AvgIpc) is 2.59. The first-order valence-electron chi connectivity index (χ1n) is 7.36. The van der Waals surface area contributed by atoms with Gasteiger partial charge in [-0.3, -0.25) is 4.98 Å². The van der Waals surface area contributed by atoms with E-state index in [1.807, 2.05) is 0 Å². The predicted molar refractivity (Wildman–Crippen MR) is 93.6 cm³/mol. The van der Waals surface area contributed by atoms with E-state index in [0.717, 1.165) is 11.1 Å². The number of rotatable bonds is 5. The van der Waals surface area contributed by atoms with Gasteiger partial charge in [-0.15, -0.1) is 0 Å². The maximum absolute atomic E-state index is 14.5. The number of nitrogens with one attached hydrogen (secondary N) is 1. The summed E-state index contributed by atoms with van der Waals surface area (Å²) in [4.78, 5) is 4.20. The van der Waals surface area contributed by atoms with Gasteiger partial charge in [-0.05, 0) is 22.8 Å². The van der Waals surface area contributed by atoms with Crippen molar-refractivity contribution in [3.8, 4) is 16.9 Å². The number of ether oxygens (including phenoxy) is 1. The minimum atomic E-state index is -3.75. The van der Waals surface area contributed by atoms with Gasteiger partial charge in [0.25, 0.3) is 10.2 Å². The quantitative estimate of drug-likeness (QED) is 0.729. The molecule has 3 N–H and O–H groups in total. The summed E-state index contributed by atoms with van der Waals surface area (Å²) in [6.07, 6.45) is 1.60. The topological polar surface area (TPSA) is 94.3 Å². The predicted octanol–water partition coefficient (Wildman–Crippen LogP) is 2.34. The zero-order valence-corrected chi connectivity index (χ0v) is 14.2. The Balaban J connectivity index is 1.99. The van der Waals surface area contributed by atoms with Gasteiger partial charge in [-0.25, -0.2) is 9.53 Å². The summed E-state index contributed by atoms with van der Waals surface area (Å²) in [5.41, 5.74) is 2.71. The molecule has 130 valence electrons. The van der Waals surface area contributed by atoms with Crippen LogP contribution in [0.1, 0.15) is 5.56 Å². The van der Waals surface area contributed by atoms with Gasteiger partial charge in [-0.2, -0.15) is 13.1 Å². The van der Waals surface area contributed by atoms with Crippen LogP contribution in [0.5, 0.6) is 5.75 Å². The van der Waals surface area contributed by atoms with Crippen molar-refractivity contribution in [3.63, 3.8) is 0 Å². The van der Waals surface area contributed by atoms with Crippen LogP contribution in [0, 0.1) is 5.82 Å². The summed E-state index contributed by atoms with van der Waals surface area (Å²) in [7, 11) is -2.27. The molecule has 0 aliphatic heterocycles. The number of fused-ring (bicyclic) bond motifs is 1. The molecule has 6 nitrogen and oxygen atoms in total. The smallest absolute Gasteiger partial charge is 0.274 e. The Kier molecular flexibility index (Phi) is 4.67. The molecule has 3 aromatic rings. The highest BCUT2D eigenvalue weighted by Crippen LogP contribution is 2.32. The third kappa shape index (κ3) is 3.93. The van der Waals surface area contributed by atoms with E-state index in [1.54, 1.807) is 42.6 Å². The molecule has 0 spiro atoms. The number of nitrogens with two attached hydrogens (primary N) is 1. The zero-order valence-electron chi connectivity index (χ0n) is 13.4. The lowest BCUT2D eigenvalue weighted by Gasteiger charge is -2.10. The monoisotopic (exact) mass is 361 g/mol. The standard InChI is InChI=1S/C17H16FN3O3S/c1-24-13-8-15(18)17-14(6-7-20-16(17)9-13)12-4-2-11(3-5-12)10-21-25(19,22)23/h2-9,21H,10H2,1H3,(H2,19,22,23). The molecule has 1 aromatic heterocycles. The second-order valence-corrected chi connectivity index (χ2v) is 6.80. The normalized spacial score (nSPS) is 11.6. The van der Waals surface area contributed by atoms with Crippen LogP contribution in [0.25, 0.3) is 22.0 Å². The van der Waals surface area contributed by atoms with Gasteiger partial charge < -0.3 is 4.74 Å². The molecular formula is C17H16FN3O3S. The maximum atomic E-state index is 14.5. The van der Waals surface area contributed by atoms with Crippen molar-refractivity contribution in [2.75, 3.05) is 7.11 Å². The fourth-order valence-electron chi connectivity index (χ4n) is 2.56. The summed E-state index contributed by atoms with van der Waals surface area (Å²) in [6, 6.07) is 11.8. The van der Waals surface area contributed by atoms with E-state index >= 15 is 0 Å². The van der Waals surface area contributed by atoms with Crippen LogP contribution in [-0.4, -0.2) is 20.5 Å². The number of nitrogens with zero attached hydrogens (tertiary/aromatic N) is 1. The average molecular weight is 361 g/mol. The largest absolute Gasteiger partial charge is 0.497 e. The van der Waals surface area contributed by atoms with E-state index in [4.69, 9.17) is 9.88 Å². The van der Waals surface area contributed by atoms with Gasteiger partial charge in [0.15, 0.2) is 0 Å². The molecule has 0 radical (unpaired) electrons. The van der Waals surface area contributed by atoms with Gasteiger partial charge in [-0.1, -0.05) is 24.3 Å². The van der Waals surface area contributed by atoms with Crippen molar-refractivity contribution in [2.45, 2.75) is 6.54 Å². The first-order valence-corrected chi connectivity index (χ1v) is 8.91. The second-order valence-electron chi connectivity index (χ2n) is 5.42. The number of hydrogen-bond acceptors (Lipinski definition) is 4. The Bertz CT molecular complexity index is 1020. The van der Waals surface area contributed by atoms with Crippen LogP contribution >= 0.6 is 0 Å². The van der Waals surface area contributed by atoms with Crippen LogP contribution in [0.2, 0.25) is 0 Å². The highest BCUT2D eigenvalue weighted by atomic mass is 32.2. The van der Waals surface area contributed by atoms with Crippen LogP contribution in [0.15, 0.2) is 48.7 Å². The van der Waals surface area contributed by atoms with Crippen molar-refractivity contribution in [2.24, 2.45) is 5.14 Å². The van der Waals surface area contributed by atoms with Crippen molar-refractivity contribution in [1.29, 1.82) is 0 Å². The summed E-state index contributed by atoms with van der Waals surface area (Å²) in [5, 5.41) is 5.31. The summed E-state index contributed by atoms with van der Waals surface area (Å²) < 4.78 is 43.7.